The van der Waals surface area contributed by atoms with Gasteiger partial charge in [0.2, 0.25) is 0 Å². The lowest BCUT2D eigenvalue weighted by molar-refractivity contribution is 0.0937. The summed E-state index contributed by atoms with van der Waals surface area (Å²) in [5, 5.41) is 2.82. The number of ether oxygens (including phenoxy) is 2. The minimum absolute atomic E-state index is 0.124. The van der Waals surface area contributed by atoms with Crippen molar-refractivity contribution in [2.75, 3.05) is 20.3 Å². The van der Waals surface area contributed by atoms with Gasteiger partial charge >= 0.3 is 0 Å². The quantitative estimate of drug-likeness (QED) is 0.895. The summed E-state index contributed by atoms with van der Waals surface area (Å²) in [6.45, 7) is 2.72. The van der Waals surface area contributed by atoms with Crippen LogP contribution in [0.2, 0.25) is 0 Å². The highest BCUT2D eigenvalue weighted by Crippen LogP contribution is 2.35. The number of nitrogens with one attached hydrogen (secondary N) is 2. The van der Waals surface area contributed by atoms with Crippen LogP contribution in [0.3, 0.4) is 0 Å². The Balaban J connectivity index is 1.63. The van der Waals surface area contributed by atoms with E-state index in [0.717, 1.165) is 29.2 Å². The van der Waals surface area contributed by atoms with Crippen LogP contribution in [0.15, 0.2) is 35.3 Å². The number of carbonyl (C=O) groups excluding carboxylic acids is 1. The van der Waals surface area contributed by atoms with Gasteiger partial charge in [-0.1, -0.05) is 12.1 Å². The van der Waals surface area contributed by atoms with Crippen LogP contribution in [0.4, 0.5) is 0 Å². The van der Waals surface area contributed by atoms with E-state index in [9.17, 15) is 9.59 Å². The maximum Gasteiger partial charge on any atom is 0.256 e. The number of hydrogen-bond donors (Lipinski definition) is 2. The lowest BCUT2D eigenvalue weighted by Gasteiger charge is -2.26. The van der Waals surface area contributed by atoms with Crippen LogP contribution in [-0.4, -0.2) is 31.2 Å². The fourth-order valence-electron chi connectivity index (χ4n) is 2.83. The van der Waals surface area contributed by atoms with Crippen molar-refractivity contribution in [3.63, 3.8) is 0 Å². The molecule has 3 rings (SSSR count). The number of para-hydroxylation sites is 1. The summed E-state index contributed by atoms with van der Waals surface area (Å²) in [5.41, 5.74) is 1.63. The molecule has 1 aliphatic rings. The van der Waals surface area contributed by atoms with E-state index in [2.05, 4.69) is 10.3 Å². The SMILES string of the molecule is COc1cccc2c1OC[C@@H](CNC(=O)c1c[nH]c(C)cc1=O)C2. The molecule has 1 amide bonds. The molecule has 1 atom stereocenters. The van der Waals surface area contributed by atoms with Crippen LogP contribution in [0.25, 0.3) is 0 Å². The Bertz CT molecular complexity index is 813. The number of pyridine rings is 1. The number of H-pyrrole nitrogens is 1. The van der Waals surface area contributed by atoms with Gasteiger partial charge < -0.3 is 19.8 Å². The minimum Gasteiger partial charge on any atom is -0.493 e. The summed E-state index contributed by atoms with van der Waals surface area (Å²) in [7, 11) is 1.62. The van der Waals surface area contributed by atoms with Crippen molar-refractivity contribution in [3.8, 4) is 11.5 Å². The Labute approximate surface area is 139 Å². The average Bonchev–Trinajstić information content (AvgIpc) is 2.58. The standard InChI is InChI=1S/C18H20N2O4/c1-11-6-15(21)14(9-19-11)18(22)20-8-12-7-13-4-3-5-16(23-2)17(13)24-10-12/h3-6,9,12H,7-8,10H2,1-2H3,(H,19,21)(H,20,22)/t12-/m1/s1. The maximum atomic E-state index is 12.2. The summed E-state index contributed by atoms with van der Waals surface area (Å²) in [6.07, 6.45) is 2.24. The normalized spacial score (nSPS) is 16.0. The van der Waals surface area contributed by atoms with Crippen molar-refractivity contribution in [2.45, 2.75) is 13.3 Å². The van der Waals surface area contributed by atoms with Gasteiger partial charge in [0.15, 0.2) is 16.9 Å². The molecule has 1 aliphatic heterocycles. The Morgan fingerprint density at radius 3 is 3.04 bits per heavy atom. The van der Waals surface area contributed by atoms with Gasteiger partial charge in [-0.15, -0.1) is 0 Å². The van der Waals surface area contributed by atoms with Crippen molar-refractivity contribution >= 4 is 5.91 Å². The number of fused-ring (bicyclic) bond motifs is 1. The van der Waals surface area contributed by atoms with Crippen molar-refractivity contribution < 1.29 is 14.3 Å². The Morgan fingerprint density at radius 1 is 1.46 bits per heavy atom. The third-order valence-corrected chi connectivity index (χ3v) is 4.11. The number of carbonyl (C=O) groups is 1. The van der Waals surface area contributed by atoms with Gasteiger partial charge in [0.25, 0.3) is 5.91 Å². The molecule has 1 aromatic carbocycles. The molecule has 0 fully saturated rings. The fourth-order valence-corrected chi connectivity index (χ4v) is 2.83. The zero-order valence-corrected chi connectivity index (χ0v) is 13.7. The topological polar surface area (TPSA) is 80.4 Å². The van der Waals surface area contributed by atoms with Crippen LogP contribution in [-0.2, 0) is 6.42 Å². The van der Waals surface area contributed by atoms with Gasteiger partial charge in [-0.05, 0) is 25.0 Å². The zero-order chi connectivity index (χ0) is 17.1. The Kier molecular flexibility index (Phi) is 4.55. The predicted molar refractivity (Wildman–Crippen MR) is 89.8 cm³/mol. The number of benzene rings is 1. The second-order valence-electron chi connectivity index (χ2n) is 5.93. The first-order chi connectivity index (χ1) is 11.6. The second kappa shape index (κ2) is 6.78. The first-order valence-corrected chi connectivity index (χ1v) is 7.84. The number of hydrogen-bond acceptors (Lipinski definition) is 4. The first kappa shape index (κ1) is 16.1. The van der Waals surface area contributed by atoms with Crippen molar-refractivity contribution in [1.82, 2.24) is 10.3 Å². The highest BCUT2D eigenvalue weighted by molar-refractivity contribution is 5.93. The van der Waals surface area contributed by atoms with Crippen LogP contribution in [0.1, 0.15) is 21.6 Å². The summed E-state index contributed by atoms with van der Waals surface area (Å²) < 4.78 is 11.1. The molecule has 24 heavy (non-hydrogen) atoms. The molecule has 2 N–H and O–H groups in total. The highest BCUT2D eigenvalue weighted by atomic mass is 16.5. The Morgan fingerprint density at radius 2 is 2.29 bits per heavy atom. The van der Waals surface area contributed by atoms with Crippen LogP contribution >= 0.6 is 0 Å². The van der Waals surface area contributed by atoms with Crippen molar-refractivity contribution in [2.24, 2.45) is 5.92 Å². The van der Waals surface area contributed by atoms with Gasteiger partial charge in [0, 0.05) is 30.4 Å². The molecule has 0 saturated carbocycles. The lowest BCUT2D eigenvalue weighted by Crippen LogP contribution is -2.36. The number of aromatic nitrogens is 1. The smallest absolute Gasteiger partial charge is 0.256 e. The third kappa shape index (κ3) is 3.27. The molecule has 0 spiro atoms. The number of aromatic amines is 1. The van der Waals surface area contributed by atoms with Crippen molar-refractivity contribution in [1.29, 1.82) is 0 Å². The second-order valence-corrected chi connectivity index (χ2v) is 5.93. The molecule has 6 nitrogen and oxygen atoms in total. The van der Waals surface area contributed by atoms with Crippen LogP contribution in [0.5, 0.6) is 11.5 Å². The molecular formula is C18H20N2O4. The molecule has 2 heterocycles. The Hall–Kier alpha value is -2.76. The first-order valence-electron chi connectivity index (χ1n) is 7.84. The van der Waals surface area contributed by atoms with Crippen LogP contribution < -0.4 is 20.2 Å². The third-order valence-electron chi connectivity index (χ3n) is 4.11. The van der Waals surface area contributed by atoms with E-state index in [1.165, 1.54) is 12.3 Å². The molecular weight excluding hydrogens is 308 g/mol. The van der Waals surface area contributed by atoms with Gasteiger partial charge in [-0.25, -0.2) is 0 Å². The van der Waals surface area contributed by atoms with Gasteiger partial charge in [0.1, 0.15) is 5.56 Å². The lowest BCUT2D eigenvalue weighted by atomic mass is 9.96. The molecule has 0 saturated heterocycles. The highest BCUT2D eigenvalue weighted by Gasteiger charge is 2.23. The molecule has 1 aromatic heterocycles. The van der Waals surface area contributed by atoms with Gasteiger partial charge in [-0.3, -0.25) is 9.59 Å². The zero-order valence-electron chi connectivity index (χ0n) is 13.7. The largest absolute Gasteiger partial charge is 0.493 e. The van der Waals surface area contributed by atoms with E-state index in [1.54, 1.807) is 14.0 Å². The number of methoxy groups -OCH3 is 1. The van der Waals surface area contributed by atoms with Crippen LogP contribution in [0, 0.1) is 12.8 Å². The molecule has 0 unspecified atom stereocenters. The summed E-state index contributed by atoms with van der Waals surface area (Å²) in [4.78, 5) is 26.9. The van der Waals surface area contributed by atoms with Gasteiger partial charge in [-0.2, -0.15) is 0 Å². The van der Waals surface area contributed by atoms with E-state index in [0.29, 0.717) is 13.2 Å². The molecule has 2 aromatic rings. The number of amides is 1. The van der Waals surface area contributed by atoms with Crippen molar-refractivity contribution in [3.05, 3.63) is 57.5 Å². The minimum atomic E-state index is -0.368. The monoisotopic (exact) mass is 328 g/mol. The summed E-state index contributed by atoms with van der Waals surface area (Å²) in [5.74, 6) is 1.28. The molecule has 0 aliphatic carbocycles. The maximum absolute atomic E-state index is 12.2. The van der Waals surface area contributed by atoms with Gasteiger partial charge in [0.05, 0.1) is 13.7 Å². The summed E-state index contributed by atoms with van der Waals surface area (Å²) in [6, 6.07) is 7.20. The molecule has 0 radical (unpaired) electrons. The van der Waals surface area contributed by atoms with E-state index >= 15 is 0 Å². The van der Waals surface area contributed by atoms with E-state index < -0.39 is 0 Å². The van der Waals surface area contributed by atoms with E-state index in [1.807, 2.05) is 18.2 Å². The number of rotatable bonds is 4. The molecule has 126 valence electrons. The fraction of sp³-hybridized carbons (Fsp3) is 0.333. The number of aryl methyl sites for hydroxylation is 1. The van der Waals surface area contributed by atoms with E-state index in [4.69, 9.17) is 9.47 Å². The average molecular weight is 328 g/mol. The molecule has 6 heteroatoms. The molecule has 0 bridgehead atoms. The van der Waals surface area contributed by atoms with E-state index in [-0.39, 0.29) is 22.8 Å². The predicted octanol–water partition coefficient (Wildman–Crippen LogP) is 1.67. The summed E-state index contributed by atoms with van der Waals surface area (Å²) >= 11 is 0.